The largest absolute Gasteiger partial charge is 0.354 e. The number of carbonyl (C=O) groups is 1. The maximum absolute atomic E-state index is 11.6. The summed E-state index contributed by atoms with van der Waals surface area (Å²) in [6.45, 7) is 2.58. The van der Waals surface area contributed by atoms with Crippen LogP contribution in [0.3, 0.4) is 0 Å². The van der Waals surface area contributed by atoms with Crippen LogP contribution in [0.25, 0.3) is 0 Å². The average Bonchev–Trinajstić information content (AvgIpc) is 2.30. The zero-order valence-corrected chi connectivity index (χ0v) is 11.4. The molecule has 1 unspecified atom stereocenters. The Morgan fingerprint density at radius 2 is 2.12 bits per heavy atom. The van der Waals surface area contributed by atoms with Crippen molar-refractivity contribution in [3.8, 4) is 0 Å². The van der Waals surface area contributed by atoms with Gasteiger partial charge in [0.2, 0.25) is 5.91 Å². The molecule has 1 amide bonds. The average molecular weight is 274 g/mol. The van der Waals surface area contributed by atoms with Crippen LogP contribution >= 0.6 is 23.2 Å². The van der Waals surface area contributed by atoms with E-state index in [1.807, 2.05) is 18.2 Å². The number of benzene rings is 1. The fraction of sp³-hybridized carbons (Fsp3) is 0.462. The number of nitrogens with one attached hydrogen (secondary N) is 1. The first-order valence-electron chi connectivity index (χ1n) is 5.77. The Morgan fingerprint density at radius 1 is 1.41 bits per heavy atom. The van der Waals surface area contributed by atoms with E-state index in [2.05, 4.69) is 12.2 Å². The highest BCUT2D eigenvalue weighted by Crippen LogP contribution is 2.15. The Kier molecular flexibility index (Phi) is 6.38. The van der Waals surface area contributed by atoms with Gasteiger partial charge < -0.3 is 5.32 Å². The van der Waals surface area contributed by atoms with Crippen molar-refractivity contribution in [3.63, 3.8) is 0 Å². The van der Waals surface area contributed by atoms with Crippen LogP contribution in [0.15, 0.2) is 24.3 Å². The van der Waals surface area contributed by atoms with Crippen molar-refractivity contribution in [2.75, 3.05) is 6.54 Å². The molecule has 0 bridgehead atoms. The van der Waals surface area contributed by atoms with Crippen LogP contribution in [-0.4, -0.2) is 17.8 Å². The molecule has 2 nitrogen and oxygen atoms in total. The molecule has 0 aliphatic rings. The van der Waals surface area contributed by atoms with Crippen LogP contribution in [0.2, 0.25) is 5.02 Å². The van der Waals surface area contributed by atoms with Gasteiger partial charge in [-0.25, -0.2) is 0 Å². The maximum atomic E-state index is 11.6. The van der Waals surface area contributed by atoms with Gasteiger partial charge in [0.05, 0.1) is 11.8 Å². The lowest BCUT2D eigenvalue weighted by Gasteiger charge is -2.10. The second kappa shape index (κ2) is 7.57. The summed E-state index contributed by atoms with van der Waals surface area (Å²) in [6, 6.07) is 7.35. The molecule has 94 valence electrons. The Bertz CT molecular complexity index is 368. The molecule has 0 saturated heterocycles. The third-order valence-electron chi connectivity index (χ3n) is 2.43. The second-order valence-electron chi connectivity index (χ2n) is 3.96. The monoisotopic (exact) mass is 273 g/mol. The Hall–Kier alpha value is -0.730. The Labute approximate surface area is 112 Å². The molecule has 0 radical (unpaired) electrons. The Balaban J connectivity index is 2.37. The smallest absolute Gasteiger partial charge is 0.224 e. The molecule has 1 aromatic carbocycles. The minimum Gasteiger partial charge on any atom is -0.354 e. The summed E-state index contributed by atoms with van der Waals surface area (Å²) in [5, 5.41) is 3.45. The van der Waals surface area contributed by atoms with Gasteiger partial charge in [-0.3, -0.25) is 4.79 Å². The molecule has 1 atom stereocenters. The summed E-state index contributed by atoms with van der Waals surface area (Å²) in [4.78, 5) is 11.6. The van der Waals surface area contributed by atoms with Gasteiger partial charge in [0, 0.05) is 11.6 Å². The van der Waals surface area contributed by atoms with E-state index < -0.39 is 0 Å². The highest BCUT2D eigenvalue weighted by Gasteiger charge is 2.08. The van der Waals surface area contributed by atoms with E-state index in [0.29, 0.717) is 18.0 Å². The lowest BCUT2D eigenvalue weighted by molar-refractivity contribution is -0.120. The van der Waals surface area contributed by atoms with E-state index in [9.17, 15) is 4.79 Å². The molecular weight excluding hydrogens is 257 g/mol. The first-order valence-corrected chi connectivity index (χ1v) is 6.59. The zero-order valence-electron chi connectivity index (χ0n) is 9.88. The SMILES string of the molecule is CCCC(Cl)CNC(=O)Cc1ccccc1Cl. The maximum Gasteiger partial charge on any atom is 0.224 e. The molecular formula is C13H17Cl2NO. The molecule has 0 spiro atoms. The Morgan fingerprint density at radius 3 is 2.76 bits per heavy atom. The normalized spacial score (nSPS) is 12.2. The van der Waals surface area contributed by atoms with E-state index in [-0.39, 0.29) is 11.3 Å². The number of halogens is 2. The molecule has 0 aliphatic carbocycles. The fourth-order valence-electron chi connectivity index (χ4n) is 1.52. The zero-order chi connectivity index (χ0) is 12.7. The molecule has 4 heteroatoms. The molecule has 1 N–H and O–H groups in total. The van der Waals surface area contributed by atoms with E-state index >= 15 is 0 Å². The minimum atomic E-state index is -0.0418. The van der Waals surface area contributed by atoms with Gasteiger partial charge >= 0.3 is 0 Å². The van der Waals surface area contributed by atoms with Crippen LogP contribution in [0.1, 0.15) is 25.3 Å². The first-order chi connectivity index (χ1) is 8.13. The lowest BCUT2D eigenvalue weighted by atomic mass is 10.1. The number of rotatable bonds is 6. The number of alkyl halides is 1. The predicted octanol–water partition coefficient (Wildman–Crippen LogP) is 3.41. The summed E-state index contributed by atoms with van der Waals surface area (Å²) in [5.41, 5.74) is 0.841. The number of hydrogen-bond donors (Lipinski definition) is 1. The van der Waals surface area contributed by atoms with E-state index in [0.717, 1.165) is 18.4 Å². The highest BCUT2D eigenvalue weighted by molar-refractivity contribution is 6.31. The third kappa shape index (κ3) is 5.42. The van der Waals surface area contributed by atoms with Gasteiger partial charge in [-0.1, -0.05) is 43.1 Å². The molecule has 1 aromatic rings. The molecule has 0 fully saturated rings. The van der Waals surface area contributed by atoms with Gasteiger partial charge in [-0.2, -0.15) is 0 Å². The standard InChI is InChI=1S/C13H17Cl2NO/c1-2-5-11(14)9-16-13(17)8-10-6-3-4-7-12(10)15/h3-4,6-7,11H,2,5,8-9H2,1H3,(H,16,17). The summed E-state index contributed by atoms with van der Waals surface area (Å²) >= 11 is 12.0. The fourth-order valence-corrected chi connectivity index (χ4v) is 2.02. The molecule has 0 aliphatic heterocycles. The van der Waals surface area contributed by atoms with Crippen LogP contribution < -0.4 is 5.32 Å². The molecule has 1 rings (SSSR count). The van der Waals surface area contributed by atoms with Gasteiger partial charge in [0.1, 0.15) is 0 Å². The van der Waals surface area contributed by atoms with E-state index in [1.54, 1.807) is 6.07 Å². The van der Waals surface area contributed by atoms with Gasteiger partial charge in [-0.15, -0.1) is 11.6 Å². The number of carbonyl (C=O) groups excluding carboxylic acids is 1. The van der Waals surface area contributed by atoms with Crippen LogP contribution in [-0.2, 0) is 11.2 Å². The van der Waals surface area contributed by atoms with Gasteiger partial charge in [0.15, 0.2) is 0 Å². The van der Waals surface area contributed by atoms with Crippen molar-refractivity contribution in [3.05, 3.63) is 34.9 Å². The van der Waals surface area contributed by atoms with Gasteiger partial charge in [0.25, 0.3) is 0 Å². The van der Waals surface area contributed by atoms with Crippen LogP contribution in [0.4, 0.5) is 0 Å². The third-order valence-corrected chi connectivity index (χ3v) is 3.17. The van der Waals surface area contributed by atoms with Crippen molar-refractivity contribution in [2.45, 2.75) is 31.6 Å². The lowest BCUT2D eigenvalue weighted by Crippen LogP contribution is -2.30. The minimum absolute atomic E-state index is 0.00944. The van der Waals surface area contributed by atoms with Crippen molar-refractivity contribution in [1.29, 1.82) is 0 Å². The summed E-state index contributed by atoms with van der Waals surface area (Å²) < 4.78 is 0. The second-order valence-corrected chi connectivity index (χ2v) is 4.98. The van der Waals surface area contributed by atoms with Crippen molar-refractivity contribution < 1.29 is 4.79 Å². The topological polar surface area (TPSA) is 29.1 Å². The summed E-state index contributed by atoms with van der Waals surface area (Å²) in [5.74, 6) is -0.0418. The van der Waals surface area contributed by atoms with Gasteiger partial charge in [-0.05, 0) is 18.1 Å². The summed E-state index contributed by atoms with van der Waals surface area (Å²) in [6.07, 6.45) is 2.23. The molecule has 0 aromatic heterocycles. The number of amides is 1. The van der Waals surface area contributed by atoms with Crippen molar-refractivity contribution >= 4 is 29.1 Å². The summed E-state index contributed by atoms with van der Waals surface area (Å²) in [7, 11) is 0. The van der Waals surface area contributed by atoms with Crippen molar-refractivity contribution in [1.82, 2.24) is 5.32 Å². The van der Waals surface area contributed by atoms with Crippen molar-refractivity contribution in [2.24, 2.45) is 0 Å². The van der Waals surface area contributed by atoms with E-state index in [4.69, 9.17) is 23.2 Å². The highest BCUT2D eigenvalue weighted by atomic mass is 35.5. The predicted molar refractivity (Wildman–Crippen MR) is 72.7 cm³/mol. The van der Waals surface area contributed by atoms with E-state index in [1.165, 1.54) is 0 Å². The quantitative estimate of drug-likeness (QED) is 0.791. The van der Waals surface area contributed by atoms with Crippen LogP contribution in [0, 0.1) is 0 Å². The first kappa shape index (κ1) is 14.3. The molecule has 0 heterocycles. The molecule has 17 heavy (non-hydrogen) atoms. The molecule has 0 saturated carbocycles. The van der Waals surface area contributed by atoms with Crippen LogP contribution in [0.5, 0.6) is 0 Å². The number of hydrogen-bond acceptors (Lipinski definition) is 1.